The van der Waals surface area contributed by atoms with E-state index in [-0.39, 0.29) is 11.7 Å². The molecule has 2 heterocycles. The monoisotopic (exact) mass is 364 g/mol. The lowest BCUT2D eigenvalue weighted by atomic mass is 10.2. The van der Waals surface area contributed by atoms with Gasteiger partial charge in [-0.25, -0.2) is 10.2 Å². The van der Waals surface area contributed by atoms with Crippen LogP contribution in [-0.4, -0.2) is 35.2 Å². The highest BCUT2D eigenvalue weighted by atomic mass is 16.6. The van der Waals surface area contributed by atoms with E-state index in [1.165, 1.54) is 19.5 Å². The summed E-state index contributed by atoms with van der Waals surface area (Å²) in [6.45, 7) is 0. The third-order valence-corrected chi connectivity index (χ3v) is 3.51. The van der Waals surface area contributed by atoms with Crippen LogP contribution in [0.1, 0.15) is 26.4 Å². The number of aromatic amines is 1. The Labute approximate surface area is 154 Å². The number of methoxy groups -OCH3 is 1. The van der Waals surface area contributed by atoms with Gasteiger partial charge in [0.05, 0.1) is 18.9 Å². The van der Waals surface area contributed by atoms with E-state index in [0.29, 0.717) is 22.6 Å². The summed E-state index contributed by atoms with van der Waals surface area (Å²) < 4.78 is 10.6. The Hall–Kier alpha value is -3.94. The fourth-order valence-corrected chi connectivity index (χ4v) is 2.19. The van der Waals surface area contributed by atoms with Gasteiger partial charge >= 0.3 is 5.97 Å². The van der Waals surface area contributed by atoms with E-state index in [1.54, 1.807) is 54.9 Å². The van der Waals surface area contributed by atoms with Gasteiger partial charge in [0, 0.05) is 18.6 Å². The van der Waals surface area contributed by atoms with Crippen molar-refractivity contribution in [3.05, 3.63) is 77.9 Å². The Morgan fingerprint density at radius 2 is 2.07 bits per heavy atom. The predicted molar refractivity (Wildman–Crippen MR) is 98.0 cm³/mol. The van der Waals surface area contributed by atoms with Crippen LogP contribution < -0.4 is 14.9 Å². The van der Waals surface area contributed by atoms with Gasteiger partial charge in [-0.2, -0.15) is 5.10 Å². The molecule has 0 saturated carbocycles. The summed E-state index contributed by atoms with van der Waals surface area (Å²) in [5.74, 6) is -0.280. The lowest BCUT2D eigenvalue weighted by Gasteiger charge is -2.09. The zero-order chi connectivity index (χ0) is 19.1. The van der Waals surface area contributed by atoms with Crippen molar-refractivity contribution >= 4 is 18.1 Å². The number of carbonyl (C=O) groups is 2. The van der Waals surface area contributed by atoms with Gasteiger partial charge in [0.2, 0.25) is 0 Å². The molecular formula is C19H16N4O4. The maximum absolute atomic E-state index is 12.1. The van der Waals surface area contributed by atoms with Crippen molar-refractivity contribution in [3.63, 3.8) is 0 Å². The van der Waals surface area contributed by atoms with Gasteiger partial charge in [-0.15, -0.1) is 0 Å². The minimum absolute atomic E-state index is 0.263. The number of ether oxygens (including phenoxy) is 2. The molecule has 1 aromatic carbocycles. The number of nitrogens with one attached hydrogen (secondary N) is 2. The lowest BCUT2D eigenvalue weighted by Crippen LogP contribution is -2.17. The number of benzene rings is 1. The molecule has 27 heavy (non-hydrogen) atoms. The molecule has 0 saturated heterocycles. The maximum Gasteiger partial charge on any atom is 0.345 e. The Morgan fingerprint density at radius 1 is 1.19 bits per heavy atom. The standard InChI is InChI=1S/C19H16N4O4/c1-26-17-10-13(11-22-23-18(24)15-5-3-9-21-15)6-7-16(17)27-19(25)14-4-2-8-20-12-14/h2-12,21H,1H3,(H,23,24)/b22-11-. The summed E-state index contributed by atoms with van der Waals surface area (Å²) in [5.41, 5.74) is 3.79. The van der Waals surface area contributed by atoms with E-state index in [9.17, 15) is 9.59 Å². The van der Waals surface area contributed by atoms with Crippen molar-refractivity contribution in [2.24, 2.45) is 5.10 Å². The van der Waals surface area contributed by atoms with E-state index >= 15 is 0 Å². The molecule has 3 aromatic rings. The molecule has 3 rings (SSSR count). The van der Waals surface area contributed by atoms with Crippen LogP contribution in [0.25, 0.3) is 0 Å². The highest BCUT2D eigenvalue weighted by molar-refractivity contribution is 5.93. The van der Waals surface area contributed by atoms with Gasteiger partial charge in [-0.3, -0.25) is 9.78 Å². The Morgan fingerprint density at radius 3 is 2.78 bits per heavy atom. The second-order valence-corrected chi connectivity index (χ2v) is 5.32. The first-order valence-corrected chi connectivity index (χ1v) is 7.94. The molecule has 0 radical (unpaired) electrons. The number of hydrogen-bond acceptors (Lipinski definition) is 6. The Kier molecular flexibility index (Phi) is 5.58. The molecule has 136 valence electrons. The quantitative estimate of drug-likeness (QED) is 0.302. The smallest absolute Gasteiger partial charge is 0.345 e. The van der Waals surface area contributed by atoms with Crippen LogP contribution >= 0.6 is 0 Å². The number of hydrazone groups is 1. The first kappa shape index (κ1) is 17.9. The van der Waals surface area contributed by atoms with E-state index in [2.05, 4.69) is 20.5 Å². The molecule has 0 unspecified atom stereocenters. The minimum Gasteiger partial charge on any atom is -0.493 e. The first-order chi connectivity index (χ1) is 13.2. The maximum atomic E-state index is 12.1. The van der Waals surface area contributed by atoms with Gasteiger partial charge in [-0.05, 0) is 48.0 Å². The third-order valence-electron chi connectivity index (χ3n) is 3.51. The van der Waals surface area contributed by atoms with Crippen molar-refractivity contribution in [1.82, 2.24) is 15.4 Å². The Balaban J connectivity index is 1.67. The number of carbonyl (C=O) groups excluding carboxylic acids is 2. The van der Waals surface area contributed by atoms with Crippen LogP contribution in [-0.2, 0) is 0 Å². The number of nitrogens with zero attached hydrogens (tertiary/aromatic N) is 2. The highest BCUT2D eigenvalue weighted by Gasteiger charge is 2.13. The van der Waals surface area contributed by atoms with Crippen molar-refractivity contribution in [2.75, 3.05) is 7.11 Å². The van der Waals surface area contributed by atoms with Crippen molar-refractivity contribution < 1.29 is 19.1 Å². The topological polar surface area (TPSA) is 106 Å². The number of aromatic nitrogens is 2. The molecule has 1 amide bonds. The number of pyridine rings is 1. The van der Waals surface area contributed by atoms with Gasteiger partial charge < -0.3 is 14.5 Å². The zero-order valence-electron chi connectivity index (χ0n) is 14.4. The molecule has 0 aliphatic heterocycles. The zero-order valence-corrected chi connectivity index (χ0v) is 14.4. The van der Waals surface area contributed by atoms with E-state index in [4.69, 9.17) is 9.47 Å². The molecule has 2 N–H and O–H groups in total. The molecule has 8 nitrogen and oxygen atoms in total. The van der Waals surface area contributed by atoms with Crippen LogP contribution in [0.2, 0.25) is 0 Å². The fraction of sp³-hybridized carbons (Fsp3) is 0.0526. The van der Waals surface area contributed by atoms with Gasteiger partial charge in [-0.1, -0.05) is 0 Å². The van der Waals surface area contributed by atoms with E-state index in [0.717, 1.165) is 0 Å². The van der Waals surface area contributed by atoms with Gasteiger partial charge in [0.15, 0.2) is 11.5 Å². The molecule has 0 atom stereocenters. The summed E-state index contributed by atoms with van der Waals surface area (Å²) in [6.07, 6.45) is 6.09. The summed E-state index contributed by atoms with van der Waals surface area (Å²) in [6, 6.07) is 11.5. The number of H-pyrrole nitrogens is 1. The molecule has 0 fully saturated rings. The summed E-state index contributed by atoms with van der Waals surface area (Å²) in [4.78, 5) is 30.6. The summed E-state index contributed by atoms with van der Waals surface area (Å²) in [5, 5.41) is 3.89. The van der Waals surface area contributed by atoms with Crippen LogP contribution in [0, 0.1) is 0 Å². The van der Waals surface area contributed by atoms with Crippen LogP contribution in [0.3, 0.4) is 0 Å². The third kappa shape index (κ3) is 4.57. The summed E-state index contributed by atoms with van der Waals surface area (Å²) >= 11 is 0. The molecule has 2 aromatic heterocycles. The summed E-state index contributed by atoms with van der Waals surface area (Å²) in [7, 11) is 1.46. The van der Waals surface area contributed by atoms with Crippen LogP contribution in [0.4, 0.5) is 0 Å². The number of amides is 1. The van der Waals surface area contributed by atoms with E-state index < -0.39 is 5.97 Å². The number of esters is 1. The number of rotatable bonds is 6. The van der Waals surface area contributed by atoms with Gasteiger partial charge in [0.25, 0.3) is 5.91 Å². The van der Waals surface area contributed by atoms with Crippen molar-refractivity contribution in [2.45, 2.75) is 0 Å². The molecule has 8 heteroatoms. The van der Waals surface area contributed by atoms with E-state index in [1.807, 2.05) is 0 Å². The molecule has 0 aliphatic carbocycles. The number of hydrogen-bond donors (Lipinski definition) is 2. The van der Waals surface area contributed by atoms with Crippen molar-refractivity contribution in [3.8, 4) is 11.5 Å². The van der Waals surface area contributed by atoms with Crippen LogP contribution in [0.15, 0.2) is 66.2 Å². The Bertz CT molecular complexity index is 953. The molecule has 0 bridgehead atoms. The second-order valence-electron chi connectivity index (χ2n) is 5.32. The largest absolute Gasteiger partial charge is 0.493 e. The predicted octanol–water partition coefficient (Wildman–Crippen LogP) is 2.40. The lowest BCUT2D eigenvalue weighted by molar-refractivity contribution is 0.0729. The van der Waals surface area contributed by atoms with Crippen LogP contribution in [0.5, 0.6) is 11.5 Å². The normalized spacial score (nSPS) is 10.6. The second kappa shape index (κ2) is 8.43. The average molecular weight is 364 g/mol. The molecular weight excluding hydrogens is 348 g/mol. The first-order valence-electron chi connectivity index (χ1n) is 7.94. The SMILES string of the molecule is COc1cc(/C=N\NC(=O)c2ccc[nH]2)ccc1OC(=O)c1cccnc1. The molecule has 0 aliphatic rings. The average Bonchev–Trinajstić information content (AvgIpc) is 3.24. The minimum atomic E-state index is -0.541. The molecule has 0 spiro atoms. The highest BCUT2D eigenvalue weighted by Crippen LogP contribution is 2.28. The van der Waals surface area contributed by atoms with Gasteiger partial charge in [0.1, 0.15) is 5.69 Å². The fourth-order valence-electron chi connectivity index (χ4n) is 2.19. The van der Waals surface area contributed by atoms with Crippen molar-refractivity contribution in [1.29, 1.82) is 0 Å².